The lowest BCUT2D eigenvalue weighted by Crippen LogP contribution is -2.25. The fourth-order valence-electron chi connectivity index (χ4n) is 2.95. The molecule has 0 N–H and O–H groups in total. The Morgan fingerprint density at radius 2 is 1.77 bits per heavy atom. The van der Waals surface area contributed by atoms with Gasteiger partial charge in [-0.3, -0.25) is 9.59 Å². The minimum atomic E-state index is -1.01. The molecule has 2 aromatic carbocycles. The largest absolute Gasteiger partial charge is 0.460 e. The van der Waals surface area contributed by atoms with Gasteiger partial charge >= 0.3 is 5.97 Å². The Balaban J connectivity index is 2.07. The van der Waals surface area contributed by atoms with Gasteiger partial charge in [0.2, 0.25) is 5.43 Å². The molecule has 3 rings (SSSR count). The van der Waals surface area contributed by atoms with Crippen molar-refractivity contribution < 1.29 is 14.3 Å². The quantitative estimate of drug-likeness (QED) is 0.404. The summed E-state index contributed by atoms with van der Waals surface area (Å²) in [6.07, 6.45) is 2.07. The fourth-order valence-corrected chi connectivity index (χ4v) is 2.95. The van der Waals surface area contributed by atoms with E-state index < -0.39 is 17.2 Å². The summed E-state index contributed by atoms with van der Waals surface area (Å²) < 4.78 is 6.41. The first-order valence-corrected chi connectivity index (χ1v) is 8.39. The Hall–Kier alpha value is -3.21. The van der Waals surface area contributed by atoms with Gasteiger partial charge in [0.1, 0.15) is 0 Å². The zero-order valence-corrected chi connectivity index (χ0v) is 14.7. The number of carbonyl (C=O) groups excluding carboxylic acids is 2. The van der Waals surface area contributed by atoms with Crippen molar-refractivity contribution in [3.63, 3.8) is 0 Å². The highest BCUT2D eigenvalue weighted by Gasteiger charge is 2.22. The lowest BCUT2D eigenvalue weighted by Gasteiger charge is -2.10. The Morgan fingerprint density at radius 3 is 2.46 bits per heavy atom. The van der Waals surface area contributed by atoms with Gasteiger partial charge in [-0.25, -0.2) is 4.79 Å². The lowest BCUT2D eigenvalue weighted by atomic mass is 10.0. The van der Waals surface area contributed by atoms with Gasteiger partial charge in [-0.05, 0) is 36.6 Å². The molecular formula is C21H19NO4. The number of aromatic nitrogens is 1. The second kappa shape index (κ2) is 7.35. The van der Waals surface area contributed by atoms with Crippen LogP contribution in [0.15, 0.2) is 59.5 Å². The van der Waals surface area contributed by atoms with Crippen LogP contribution in [0.2, 0.25) is 0 Å². The molecule has 0 bridgehead atoms. The van der Waals surface area contributed by atoms with E-state index in [4.69, 9.17) is 4.74 Å². The number of fused-ring (bicyclic) bond motifs is 1. The number of hydrogen-bond acceptors (Lipinski definition) is 4. The number of ether oxygens (including phenoxy) is 1. The third-order valence-electron chi connectivity index (χ3n) is 4.21. The summed E-state index contributed by atoms with van der Waals surface area (Å²) in [5.74, 6) is -1.92. The second-order valence-corrected chi connectivity index (χ2v) is 6.05. The van der Waals surface area contributed by atoms with Crippen molar-refractivity contribution >= 4 is 22.7 Å². The maximum absolute atomic E-state index is 12.8. The number of hydrogen-bond donors (Lipinski definition) is 0. The first-order valence-electron chi connectivity index (χ1n) is 8.39. The highest BCUT2D eigenvalue weighted by Crippen LogP contribution is 2.17. The Kier molecular flexibility index (Phi) is 4.98. The summed E-state index contributed by atoms with van der Waals surface area (Å²) in [6, 6.07) is 15.5. The molecule has 5 heteroatoms. The number of carbonyl (C=O) groups is 2. The SMILES string of the molecule is CCOC(=O)C(=O)c1cn(C)c2ccc(Cc3ccccc3)cc2c1=O. The minimum Gasteiger partial charge on any atom is -0.460 e. The van der Waals surface area contributed by atoms with E-state index in [2.05, 4.69) is 0 Å². The zero-order valence-electron chi connectivity index (χ0n) is 14.7. The monoisotopic (exact) mass is 349 g/mol. The van der Waals surface area contributed by atoms with Crippen LogP contribution < -0.4 is 5.43 Å². The molecule has 0 saturated carbocycles. The van der Waals surface area contributed by atoms with Crippen LogP contribution in [-0.2, 0) is 23.0 Å². The van der Waals surface area contributed by atoms with Crippen LogP contribution in [0.5, 0.6) is 0 Å². The van der Waals surface area contributed by atoms with E-state index in [1.54, 1.807) is 24.6 Å². The van der Waals surface area contributed by atoms with E-state index >= 15 is 0 Å². The van der Waals surface area contributed by atoms with Crippen LogP contribution >= 0.6 is 0 Å². The summed E-state index contributed by atoms with van der Waals surface area (Å²) in [7, 11) is 1.74. The van der Waals surface area contributed by atoms with Gasteiger partial charge < -0.3 is 9.30 Å². The number of esters is 1. The number of pyridine rings is 1. The molecule has 0 unspecified atom stereocenters. The summed E-state index contributed by atoms with van der Waals surface area (Å²) in [4.78, 5) is 36.8. The third kappa shape index (κ3) is 3.42. The van der Waals surface area contributed by atoms with Gasteiger partial charge in [0.15, 0.2) is 0 Å². The van der Waals surface area contributed by atoms with Crippen LogP contribution in [0, 0.1) is 0 Å². The van der Waals surface area contributed by atoms with Crippen LogP contribution in [-0.4, -0.2) is 22.9 Å². The van der Waals surface area contributed by atoms with E-state index in [0.29, 0.717) is 17.3 Å². The summed E-state index contributed by atoms with van der Waals surface area (Å²) in [6.45, 7) is 1.69. The normalized spacial score (nSPS) is 10.7. The molecule has 3 aromatic rings. The Bertz CT molecular complexity index is 1040. The highest BCUT2D eigenvalue weighted by molar-refractivity contribution is 6.40. The van der Waals surface area contributed by atoms with Crippen molar-refractivity contribution in [1.29, 1.82) is 0 Å². The molecule has 5 nitrogen and oxygen atoms in total. The van der Waals surface area contributed by atoms with E-state index in [0.717, 1.165) is 11.1 Å². The minimum absolute atomic E-state index is 0.0830. The zero-order chi connectivity index (χ0) is 18.7. The average molecular weight is 349 g/mol. The van der Waals surface area contributed by atoms with E-state index in [9.17, 15) is 14.4 Å². The fraction of sp³-hybridized carbons (Fsp3) is 0.190. The molecule has 0 aliphatic carbocycles. The number of ketones is 1. The smallest absolute Gasteiger partial charge is 0.379 e. The van der Waals surface area contributed by atoms with Crippen LogP contribution in [0.1, 0.15) is 28.4 Å². The molecule has 0 radical (unpaired) electrons. The maximum Gasteiger partial charge on any atom is 0.379 e. The van der Waals surface area contributed by atoms with Crippen LogP contribution in [0.3, 0.4) is 0 Å². The number of aryl methyl sites for hydroxylation is 1. The molecule has 1 aromatic heterocycles. The van der Waals surface area contributed by atoms with Gasteiger partial charge in [-0.2, -0.15) is 0 Å². The topological polar surface area (TPSA) is 65.4 Å². The molecule has 0 fully saturated rings. The molecule has 0 aliphatic heterocycles. The summed E-state index contributed by atoms with van der Waals surface area (Å²) in [5.41, 5.74) is 2.16. The average Bonchev–Trinajstić information content (AvgIpc) is 2.65. The van der Waals surface area contributed by atoms with Gasteiger partial charge in [0.25, 0.3) is 5.78 Å². The van der Waals surface area contributed by atoms with Gasteiger partial charge in [0.05, 0.1) is 17.7 Å². The molecule has 0 aliphatic rings. The van der Waals surface area contributed by atoms with Crippen LogP contribution in [0.25, 0.3) is 10.9 Å². The standard InChI is InChI=1S/C21H19NO4/c1-3-26-21(25)20(24)17-13-22(2)18-10-9-15(12-16(18)19(17)23)11-14-7-5-4-6-8-14/h4-10,12-13H,3,11H2,1-2H3. The van der Waals surface area contributed by atoms with Crippen molar-refractivity contribution in [2.45, 2.75) is 13.3 Å². The second-order valence-electron chi connectivity index (χ2n) is 6.05. The first kappa shape index (κ1) is 17.6. The molecule has 0 spiro atoms. The number of rotatable bonds is 5. The van der Waals surface area contributed by atoms with E-state index in [1.807, 2.05) is 42.5 Å². The predicted octanol–water partition coefficient (Wildman–Crippen LogP) is 2.88. The van der Waals surface area contributed by atoms with E-state index in [-0.39, 0.29) is 12.2 Å². The van der Waals surface area contributed by atoms with Gasteiger partial charge in [0, 0.05) is 18.6 Å². The van der Waals surface area contributed by atoms with Gasteiger partial charge in [-0.15, -0.1) is 0 Å². The molecule has 1 heterocycles. The Morgan fingerprint density at radius 1 is 1.04 bits per heavy atom. The lowest BCUT2D eigenvalue weighted by molar-refractivity contribution is -0.137. The molecular weight excluding hydrogens is 330 g/mol. The number of Topliss-reactive ketones (excluding diaryl/α,β-unsaturated/α-hetero) is 1. The highest BCUT2D eigenvalue weighted by atomic mass is 16.5. The first-order chi connectivity index (χ1) is 12.5. The Labute approximate surface area is 150 Å². The van der Waals surface area contributed by atoms with Gasteiger partial charge in [-0.1, -0.05) is 36.4 Å². The van der Waals surface area contributed by atoms with Crippen molar-refractivity contribution in [2.24, 2.45) is 7.05 Å². The van der Waals surface area contributed by atoms with Crippen LogP contribution in [0.4, 0.5) is 0 Å². The molecule has 0 amide bonds. The van der Waals surface area contributed by atoms with Crippen molar-refractivity contribution in [2.75, 3.05) is 6.61 Å². The molecule has 0 saturated heterocycles. The van der Waals surface area contributed by atoms with Crippen molar-refractivity contribution in [3.05, 3.63) is 81.6 Å². The van der Waals surface area contributed by atoms with E-state index in [1.165, 1.54) is 6.20 Å². The third-order valence-corrected chi connectivity index (χ3v) is 4.21. The molecule has 132 valence electrons. The molecule has 0 atom stereocenters. The maximum atomic E-state index is 12.8. The number of nitrogens with zero attached hydrogens (tertiary/aromatic N) is 1. The van der Waals surface area contributed by atoms with Crippen molar-refractivity contribution in [3.8, 4) is 0 Å². The predicted molar refractivity (Wildman–Crippen MR) is 99.4 cm³/mol. The molecule has 26 heavy (non-hydrogen) atoms. The number of benzene rings is 2. The summed E-state index contributed by atoms with van der Waals surface area (Å²) >= 11 is 0. The van der Waals surface area contributed by atoms with Crippen molar-refractivity contribution in [1.82, 2.24) is 4.57 Å². The summed E-state index contributed by atoms with van der Waals surface area (Å²) in [5, 5.41) is 0.413.